The van der Waals surface area contributed by atoms with Crippen LogP contribution in [-0.4, -0.2) is 29.1 Å². The first-order valence-corrected chi connectivity index (χ1v) is 6.39. The van der Waals surface area contributed by atoms with E-state index in [9.17, 15) is 14.9 Å². The van der Waals surface area contributed by atoms with Gasteiger partial charge in [0, 0.05) is 35.2 Å². The molecule has 0 aliphatic rings. The fraction of sp³-hybridized carbons (Fsp3) is 0.417. The van der Waals surface area contributed by atoms with Crippen molar-refractivity contribution in [1.82, 2.24) is 5.32 Å². The van der Waals surface area contributed by atoms with Crippen LogP contribution in [0.25, 0.3) is 0 Å². The number of aliphatic hydroxyl groups excluding tert-OH is 1. The molecule has 0 radical (unpaired) electrons. The summed E-state index contributed by atoms with van der Waals surface area (Å²) in [5.41, 5.74) is -0.388. The topological polar surface area (TPSA) is 92.5 Å². The lowest BCUT2D eigenvalue weighted by Gasteiger charge is -2.21. The summed E-state index contributed by atoms with van der Waals surface area (Å²) in [5, 5.41) is 22.4. The molecule has 2 N–H and O–H groups in total. The third-order valence-electron chi connectivity index (χ3n) is 2.56. The van der Waals surface area contributed by atoms with Gasteiger partial charge in [-0.05, 0) is 22.0 Å². The molecule has 0 spiro atoms. The van der Waals surface area contributed by atoms with Crippen LogP contribution >= 0.6 is 15.9 Å². The van der Waals surface area contributed by atoms with Crippen LogP contribution in [0.1, 0.15) is 24.2 Å². The fourth-order valence-corrected chi connectivity index (χ4v) is 1.70. The number of amides is 1. The summed E-state index contributed by atoms with van der Waals surface area (Å²) in [7, 11) is 0. The number of nitro groups is 1. The van der Waals surface area contributed by atoms with Crippen molar-refractivity contribution >= 4 is 27.5 Å². The molecule has 19 heavy (non-hydrogen) atoms. The molecule has 0 heterocycles. The SMILES string of the molecule is CC(C)(CO)CNC(=O)c1cc([N+](=O)[O-])ccc1Br. The highest BCUT2D eigenvalue weighted by Gasteiger charge is 2.20. The predicted octanol–water partition coefficient (Wildman–Crippen LogP) is 2.11. The molecule has 6 nitrogen and oxygen atoms in total. The zero-order valence-electron chi connectivity index (χ0n) is 10.6. The summed E-state index contributed by atoms with van der Waals surface area (Å²) in [6, 6.07) is 3.99. The Morgan fingerprint density at radius 3 is 2.68 bits per heavy atom. The number of halogens is 1. The third-order valence-corrected chi connectivity index (χ3v) is 3.25. The van der Waals surface area contributed by atoms with Gasteiger partial charge in [0.15, 0.2) is 0 Å². The molecule has 0 aliphatic heterocycles. The van der Waals surface area contributed by atoms with Gasteiger partial charge in [0.1, 0.15) is 0 Å². The molecule has 1 rings (SSSR count). The van der Waals surface area contributed by atoms with E-state index >= 15 is 0 Å². The van der Waals surface area contributed by atoms with E-state index in [-0.39, 0.29) is 24.4 Å². The van der Waals surface area contributed by atoms with Crippen molar-refractivity contribution in [3.8, 4) is 0 Å². The molecule has 0 atom stereocenters. The Kier molecular flexibility index (Phi) is 5.02. The monoisotopic (exact) mass is 330 g/mol. The van der Waals surface area contributed by atoms with Crippen LogP contribution < -0.4 is 5.32 Å². The maximum absolute atomic E-state index is 12.0. The minimum absolute atomic E-state index is 0.0661. The van der Waals surface area contributed by atoms with Crippen molar-refractivity contribution < 1.29 is 14.8 Å². The summed E-state index contributed by atoms with van der Waals surface area (Å²) in [6.45, 7) is 3.81. The minimum Gasteiger partial charge on any atom is -0.396 e. The highest BCUT2D eigenvalue weighted by Crippen LogP contribution is 2.22. The molecular formula is C12H15BrN2O4. The highest BCUT2D eigenvalue weighted by molar-refractivity contribution is 9.10. The standard InChI is InChI=1S/C12H15BrN2O4/c1-12(2,7-16)6-14-11(17)9-5-8(15(18)19)3-4-10(9)13/h3-5,16H,6-7H2,1-2H3,(H,14,17). The molecule has 0 saturated carbocycles. The van der Waals surface area contributed by atoms with Crippen molar-refractivity contribution in [3.05, 3.63) is 38.3 Å². The lowest BCUT2D eigenvalue weighted by molar-refractivity contribution is -0.384. The van der Waals surface area contributed by atoms with E-state index in [1.807, 2.05) is 0 Å². The molecule has 1 amide bonds. The average molecular weight is 331 g/mol. The smallest absolute Gasteiger partial charge is 0.270 e. The minimum atomic E-state index is -0.555. The maximum atomic E-state index is 12.0. The molecule has 0 aliphatic carbocycles. The molecule has 0 aromatic heterocycles. The van der Waals surface area contributed by atoms with Crippen LogP contribution in [0, 0.1) is 15.5 Å². The van der Waals surface area contributed by atoms with Gasteiger partial charge >= 0.3 is 0 Å². The number of aliphatic hydroxyl groups is 1. The Balaban J connectivity index is 2.88. The van der Waals surface area contributed by atoms with Crippen LogP contribution in [0.15, 0.2) is 22.7 Å². The molecule has 0 saturated heterocycles. The largest absolute Gasteiger partial charge is 0.396 e. The lowest BCUT2D eigenvalue weighted by atomic mass is 9.95. The Hall–Kier alpha value is -1.47. The summed E-state index contributed by atoms with van der Waals surface area (Å²) < 4.78 is 0.484. The lowest BCUT2D eigenvalue weighted by Crippen LogP contribution is -2.36. The summed E-state index contributed by atoms with van der Waals surface area (Å²) in [6.07, 6.45) is 0. The fourth-order valence-electron chi connectivity index (χ4n) is 1.27. The van der Waals surface area contributed by atoms with Gasteiger partial charge < -0.3 is 10.4 Å². The number of nitrogens with one attached hydrogen (secondary N) is 1. The predicted molar refractivity (Wildman–Crippen MR) is 74.0 cm³/mol. The number of non-ortho nitro benzene ring substituents is 1. The molecule has 1 aromatic carbocycles. The second kappa shape index (κ2) is 6.12. The van der Waals surface area contributed by atoms with Crippen LogP contribution in [0.5, 0.6) is 0 Å². The van der Waals surface area contributed by atoms with Gasteiger partial charge in [0.25, 0.3) is 11.6 Å². The van der Waals surface area contributed by atoms with Crippen LogP contribution in [0.2, 0.25) is 0 Å². The number of hydrogen-bond donors (Lipinski definition) is 2. The molecule has 1 aromatic rings. The molecule has 104 valence electrons. The van der Waals surface area contributed by atoms with Crippen LogP contribution in [0.4, 0.5) is 5.69 Å². The number of rotatable bonds is 5. The Morgan fingerprint density at radius 1 is 1.53 bits per heavy atom. The highest BCUT2D eigenvalue weighted by atomic mass is 79.9. The molecule has 0 fully saturated rings. The summed E-state index contributed by atoms with van der Waals surface area (Å²) in [4.78, 5) is 22.1. The van der Waals surface area contributed by atoms with Crippen molar-refractivity contribution in [2.45, 2.75) is 13.8 Å². The van der Waals surface area contributed by atoms with Gasteiger partial charge in [-0.1, -0.05) is 13.8 Å². The van der Waals surface area contributed by atoms with E-state index in [2.05, 4.69) is 21.2 Å². The first-order valence-electron chi connectivity index (χ1n) is 5.60. The zero-order chi connectivity index (χ0) is 14.6. The summed E-state index contributed by atoms with van der Waals surface area (Å²) in [5.74, 6) is -0.419. The van der Waals surface area contributed by atoms with Crippen molar-refractivity contribution in [3.63, 3.8) is 0 Å². The van der Waals surface area contributed by atoms with Gasteiger partial charge in [0.2, 0.25) is 0 Å². The van der Waals surface area contributed by atoms with Gasteiger partial charge in [-0.3, -0.25) is 14.9 Å². The van der Waals surface area contributed by atoms with Crippen molar-refractivity contribution in [2.24, 2.45) is 5.41 Å². The molecule has 0 bridgehead atoms. The Bertz CT molecular complexity index is 503. The second-order valence-corrected chi connectivity index (χ2v) is 5.78. The third kappa shape index (κ3) is 4.29. The van der Waals surface area contributed by atoms with E-state index in [1.54, 1.807) is 13.8 Å². The first-order chi connectivity index (χ1) is 8.76. The maximum Gasteiger partial charge on any atom is 0.270 e. The number of carbonyl (C=O) groups excluding carboxylic acids is 1. The van der Waals surface area contributed by atoms with E-state index in [0.717, 1.165) is 0 Å². The quantitative estimate of drug-likeness (QED) is 0.638. The number of nitro benzene ring substituents is 1. The Morgan fingerprint density at radius 2 is 2.16 bits per heavy atom. The van der Waals surface area contributed by atoms with E-state index in [0.29, 0.717) is 4.47 Å². The van der Waals surface area contributed by atoms with E-state index in [1.165, 1.54) is 18.2 Å². The molecular weight excluding hydrogens is 316 g/mol. The number of nitrogens with zero attached hydrogens (tertiary/aromatic N) is 1. The molecule has 0 unspecified atom stereocenters. The number of carbonyl (C=O) groups is 1. The van der Waals surface area contributed by atoms with Crippen LogP contribution in [-0.2, 0) is 0 Å². The van der Waals surface area contributed by atoms with Gasteiger partial charge in [0.05, 0.1) is 10.5 Å². The number of benzene rings is 1. The molecule has 7 heteroatoms. The van der Waals surface area contributed by atoms with Crippen LogP contribution in [0.3, 0.4) is 0 Å². The van der Waals surface area contributed by atoms with Gasteiger partial charge in [-0.2, -0.15) is 0 Å². The summed E-state index contributed by atoms with van der Waals surface area (Å²) >= 11 is 3.18. The van der Waals surface area contributed by atoms with Gasteiger partial charge in [-0.25, -0.2) is 0 Å². The van der Waals surface area contributed by atoms with E-state index < -0.39 is 16.2 Å². The van der Waals surface area contributed by atoms with E-state index in [4.69, 9.17) is 5.11 Å². The van der Waals surface area contributed by atoms with Crippen molar-refractivity contribution in [2.75, 3.05) is 13.2 Å². The normalized spacial score (nSPS) is 11.2. The number of hydrogen-bond acceptors (Lipinski definition) is 4. The van der Waals surface area contributed by atoms with Gasteiger partial charge in [-0.15, -0.1) is 0 Å². The van der Waals surface area contributed by atoms with Crippen molar-refractivity contribution in [1.29, 1.82) is 0 Å². The Labute approximate surface area is 119 Å². The zero-order valence-corrected chi connectivity index (χ0v) is 12.2. The first kappa shape index (κ1) is 15.6. The second-order valence-electron chi connectivity index (χ2n) is 4.93. The average Bonchev–Trinajstić information content (AvgIpc) is 2.36.